The molecule has 2 aromatic rings. The third-order valence-corrected chi connectivity index (χ3v) is 11.1. The Labute approximate surface area is 352 Å². The van der Waals surface area contributed by atoms with Crippen molar-refractivity contribution in [2.45, 2.75) is 154 Å². The molecule has 60 heavy (non-hydrogen) atoms. The SMILES string of the molecule is CCCCOc1nnnn1C[C@@H]1CCCN1C(=O)[C@@H](NC(=O)[C@H](C)NC)[C@@H](C)OCCO[C@H](C)[C@H](NC(=O)[C@H](C)NC)C(=O)N1CCC[C@H]1Cn1nnnc1OCCCC. The van der Waals surface area contributed by atoms with Gasteiger partial charge in [-0.15, -0.1) is 0 Å². The van der Waals surface area contributed by atoms with Gasteiger partial charge in [0.1, 0.15) is 12.1 Å². The summed E-state index contributed by atoms with van der Waals surface area (Å²) >= 11 is 0. The summed E-state index contributed by atoms with van der Waals surface area (Å²) in [7, 11) is 3.33. The lowest BCUT2D eigenvalue weighted by molar-refractivity contribution is -0.144. The fourth-order valence-corrected chi connectivity index (χ4v) is 7.07. The van der Waals surface area contributed by atoms with E-state index in [1.54, 1.807) is 61.0 Å². The molecule has 0 bridgehead atoms. The molecule has 4 rings (SSSR count). The molecule has 4 heterocycles. The van der Waals surface area contributed by atoms with Crippen molar-refractivity contribution in [1.82, 2.24) is 71.5 Å². The fraction of sp³-hybridized carbons (Fsp3) is 0.842. The van der Waals surface area contributed by atoms with Crippen molar-refractivity contribution in [2.24, 2.45) is 0 Å². The van der Waals surface area contributed by atoms with Crippen molar-refractivity contribution in [1.29, 1.82) is 0 Å². The average molecular weight is 849 g/mol. The Morgan fingerprint density at radius 2 is 1.05 bits per heavy atom. The lowest BCUT2D eigenvalue weighted by Gasteiger charge is -2.33. The minimum Gasteiger partial charge on any atom is -0.463 e. The number of tetrazole rings is 2. The van der Waals surface area contributed by atoms with Gasteiger partial charge in [-0.2, -0.15) is 9.36 Å². The van der Waals surface area contributed by atoms with Crippen LogP contribution in [0, 0.1) is 0 Å². The van der Waals surface area contributed by atoms with Gasteiger partial charge in [-0.1, -0.05) is 36.9 Å². The summed E-state index contributed by atoms with van der Waals surface area (Å²) in [5.41, 5.74) is 0. The Kier molecular flexibility index (Phi) is 19.8. The molecule has 338 valence electrons. The normalized spacial score (nSPS) is 19.7. The number of unbranched alkanes of at least 4 members (excludes halogenated alkanes) is 2. The van der Waals surface area contributed by atoms with Crippen LogP contribution in [-0.4, -0.2) is 176 Å². The monoisotopic (exact) mass is 849 g/mol. The van der Waals surface area contributed by atoms with Gasteiger partial charge in [-0.25, -0.2) is 0 Å². The second kappa shape index (κ2) is 24.7. The molecule has 22 heteroatoms. The lowest BCUT2D eigenvalue weighted by atomic mass is 10.1. The first-order valence-corrected chi connectivity index (χ1v) is 21.5. The van der Waals surface area contributed by atoms with Crippen LogP contribution in [0.2, 0.25) is 0 Å². The number of carbonyl (C=O) groups is 4. The molecule has 0 saturated carbocycles. The molecule has 2 aliphatic rings. The van der Waals surface area contributed by atoms with E-state index in [1.807, 2.05) is 0 Å². The highest BCUT2D eigenvalue weighted by atomic mass is 16.5. The second-order valence-corrected chi connectivity index (χ2v) is 15.5. The topological polar surface area (TPSA) is 247 Å². The highest BCUT2D eigenvalue weighted by Gasteiger charge is 2.40. The van der Waals surface area contributed by atoms with E-state index in [0.29, 0.717) is 51.4 Å². The number of hydrogen-bond acceptors (Lipinski definition) is 16. The van der Waals surface area contributed by atoms with Gasteiger partial charge in [0.15, 0.2) is 0 Å². The summed E-state index contributed by atoms with van der Waals surface area (Å²) in [6, 6.07) is -3.01. The van der Waals surface area contributed by atoms with Crippen LogP contribution in [0.3, 0.4) is 0 Å². The molecule has 8 atom stereocenters. The lowest BCUT2D eigenvalue weighted by Crippen LogP contribution is -2.58. The van der Waals surface area contributed by atoms with Crippen LogP contribution in [0.5, 0.6) is 12.0 Å². The van der Waals surface area contributed by atoms with Crippen molar-refractivity contribution >= 4 is 23.6 Å². The first-order chi connectivity index (χ1) is 28.9. The summed E-state index contributed by atoms with van der Waals surface area (Å²) in [5.74, 6) is -1.28. The van der Waals surface area contributed by atoms with Crippen molar-refractivity contribution < 1.29 is 38.1 Å². The Morgan fingerprint density at radius 1 is 0.650 bits per heavy atom. The van der Waals surface area contributed by atoms with E-state index in [0.717, 1.165) is 51.4 Å². The van der Waals surface area contributed by atoms with Gasteiger partial charge in [0.25, 0.3) is 0 Å². The Balaban J connectivity index is 1.41. The molecule has 4 amide bonds. The summed E-state index contributed by atoms with van der Waals surface area (Å²) in [4.78, 5) is 58.4. The van der Waals surface area contributed by atoms with Gasteiger partial charge in [0, 0.05) is 13.1 Å². The van der Waals surface area contributed by atoms with Crippen molar-refractivity contribution in [2.75, 3.05) is 53.6 Å². The molecule has 2 aliphatic heterocycles. The predicted octanol–water partition coefficient (Wildman–Crippen LogP) is -0.305. The van der Waals surface area contributed by atoms with Crippen LogP contribution in [0.4, 0.5) is 0 Å². The Morgan fingerprint density at radius 3 is 1.42 bits per heavy atom. The number of likely N-dealkylation sites (N-methyl/N-ethyl adjacent to an activating group) is 2. The van der Waals surface area contributed by atoms with E-state index in [2.05, 4.69) is 66.2 Å². The molecule has 4 N–H and O–H groups in total. The summed E-state index contributed by atoms with van der Waals surface area (Å²) < 4.78 is 27.0. The fourth-order valence-electron chi connectivity index (χ4n) is 7.07. The molecular weight excluding hydrogens is 781 g/mol. The maximum absolute atomic E-state index is 14.3. The van der Waals surface area contributed by atoms with Crippen LogP contribution in [0.1, 0.15) is 92.9 Å². The van der Waals surface area contributed by atoms with Gasteiger partial charge < -0.3 is 50.0 Å². The highest BCUT2D eigenvalue weighted by Crippen LogP contribution is 2.24. The number of ether oxygens (including phenoxy) is 4. The minimum atomic E-state index is -1.01. The predicted molar refractivity (Wildman–Crippen MR) is 218 cm³/mol. The Hall–Kier alpha value is -4.54. The largest absolute Gasteiger partial charge is 0.463 e. The zero-order chi connectivity index (χ0) is 43.6. The molecular formula is C38H68N14O8. The highest BCUT2D eigenvalue weighted by molar-refractivity contribution is 5.91. The zero-order valence-corrected chi connectivity index (χ0v) is 36.7. The number of carbonyl (C=O) groups excluding carboxylic acids is 4. The van der Waals surface area contributed by atoms with E-state index < -0.39 is 36.4 Å². The van der Waals surface area contributed by atoms with E-state index >= 15 is 0 Å². The third-order valence-electron chi connectivity index (χ3n) is 11.1. The van der Waals surface area contributed by atoms with E-state index in [4.69, 9.17) is 18.9 Å². The average Bonchev–Trinajstić information content (AvgIpc) is 4.09. The minimum absolute atomic E-state index is 0.0352. The van der Waals surface area contributed by atoms with Crippen LogP contribution in [0.25, 0.3) is 0 Å². The van der Waals surface area contributed by atoms with Crippen LogP contribution < -0.4 is 30.7 Å². The van der Waals surface area contributed by atoms with Crippen molar-refractivity contribution in [3.8, 4) is 12.0 Å². The number of nitrogens with one attached hydrogen (secondary N) is 4. The van der Waals surface area contributed by atoms with Gasteiger partial charge in [-0.3, -0.25) is 19.2 Å². The van der Waals surface area contributed by atoms with E-state index in [1.165, 1.54) is 0 Å². The molecule has 2 saturated heterocycles. The van der Waals surface area contributed by atoms with Gasteiger partial charge in [0.2, 0.25) is 23.6 Å². The zero-order valence-electron chi connectivity index (χ0n) is 36.7. The van der Waals surface area contributed by atoms with Crippen LogP contribution in [-0.2, 0) is 41.7 Å². The number of amides is 4. The molecule has 0 aromatic carbocycles. The van der Waals surface area contributed by atoms with Crippen LogP contribution in [0.15, 0.2) is 0 Å². The number of rotatable bonds is 27. The number of nitrogens with zero attached hydrogens (tertiary/aromatic N) is 10. The molecule has 2 aromatic heterocycles. The van der Waals surface area contributed by atoms with E-state index in [9.17, 15) is 19.2 Å². The van der Waals surface area contributed by atoms with Gasteiger partial charge in [0.05, 0.1) is 75.9 Å². The molecule has 2 fully saturated rings. The molecule has 0 aliphatic carbocycles. The summed E-state index contributed by atoms with van der Waals surface area (Å²) in [6.45, 7) is 13.7. The number of hydrogen-bond donors (Lipinski definition) is 4. The number of aromatic nitrogens is 8. The molecule has 0 spiro atoms. The number of likely N-dealkylation sites (tertiary alicyclic amines) is 2. The first-order valence-electron chi connectivity index (χ1n) is 21.5. The third kappa shape index (κ3) is 13.5. The smallest absolute Gasteiger partial charge is 0.335 e. The van der Waals surface area contributed by atoms with Crippen molar-refractivity contribution in [3.63, 3.8) is 0 Å². The quantitative estimate of drug-likeness (QED) is 0.0843. The molecule has 22 nitrogen and oxygen atoms in total. The molecule has 0 unspecified atom stereocenters. The standard InChI is InChI=1S/C38H68N14O8/c1-9-11-19-59-37-43-45-47-51(37)23-29-15-13-17-49(29)35(55)31(41-33(53)25(3)39-7)27(5)57-21-22-58-28(6)32(42-34(54)26(4)40-8)36(56)50-18-14-16-30(50)24-52-38(44-46-48-52)60-20-12-10-2/h25-32,39-40H,9-24H2,1-8H3,(H,41,53)(H,42,54)/t25-,26-,27+,28+,29-,30-,31-,32-/m0/s1. The van der Waals surface area contributed by atoms with E-state index in [-0.39, 0.29) is 48.9 Å². The van der Waals surface area contributed by atoms with Gasteiger partial charge in [-0.05, 0) is 101 Å². The Bertz CT molecular complexity index is 1510. The summed E-state index contributed by atoms with van der Waals surface area (Å²) in [6.07, 6.45) is 5.13. The maximum atomic E-state index is 14.3. The summed E-state index contributed by atoms with van der Waals surface area (Å²) in [5, 5.41) is 35.4. The van der Waals surface area contributed by atoms with Crippen LogP contribution >= 0.6 is 0 Å². The molecule has 0 radical (unpaired) electrons. The van der Waals surface area contributed by atoms with Gasteiger partial charge >= 0.3 is 12.0 Å². The second-order valence-electron chi connectivity index (χ2n) is 15.5. The first kappa shape index (κ1) is 48.1. The van der Waals surface area contributed by atoms with Crippen molar-refractivity contribution in [3.05, 3.63) is 0 Å². The maximum Gasteiger partial charge on any atom is 0.335 e.